The van der Waals surface area contributed by atoms with Crippen molar-refractivity contribution in [3.63, 3.8) is 0 Å². The predicted octanol–water partition coefficient (Wildman–Crippen LogP) is 2.40. The Bertz CT molecular complexity index is 549. The molecule has 0 spiro atoms. The highest BCUT2D eigenvalue weighted by Gasteiger charge is 2.14. The first-order valence-electron chi connectivity index (χ1n) is 6.40. The van der Waals surface area contributed by atoms with Crippen LogP contribution in [0.15, 0.2) is 30.6 Å². The standard InChI is InChI=1S/C15H20N2O2/c1-11-4-5-12(14(10-11)19-3)13(18)6-7-15-16-8-9-17(15)2/h4-5,8-10,13,18H,6-7H2,1-3H3. The Morgan fingerprint density at radius 1 is 1.42 bits per heavy atom. The number of benzene rings is 1. The van der Waals surface area contributed by atoms with Crippen LogP contribution in [0.4, 0.5) is 0 Å². The minimum Gasteiger partial charge on any atom is -0.496 e. The molecule has 4 heteroatoms. The molecule has 0 radical (unpaired) electrons. The molecular formula is C15H20N2O2. The van der Waals surface area contributed by atoms with Crippen LogP contribution in [-0.2, 0) is 13.5 Å². The Hall–Kier alpha value is -1.81. The summed E-state index contributed by atoms with van der Waals surface area (Å²) in [4.78, 5) is 4.26. The Balaban J connectivity index is 2.07. The molecule has 0 aliphatic rings. The number of hydrogen-bond acceptors (Lipinski definition) is 3. The van der Waals surface area contributed by atoms with E-state index in [-0.39, 0.29) is 0 Å². The average molecular weight is 260 g/mol. The van der Waals surface area contributed by atoms with Gasteiger partial charge in [0.1, 0.15) is 11.6 Å². The van der Waals surface area contributed by atoms with Gasteiger partial charge in [0, 0.05) is 31.4 Å². The van der Waals surface area contributed by atoms with Gasteiger partial charge in [0.25, 0.3) is 0 Å². The lowest BCUT2D eigenvalue weighted by Crippen LogP contribution is -2.05. The molecule has 0 saturated heterocycles. The number of aromatic nitrogens is 2. The summed E-state index contributed by atoms with van der Waals surface area (Å²) >= 11 is 0. The smallest absolute Gasteiger partial charge is 0.124 e. The van der Waals surface area contributed by atoms with E-state index in [1.165, 1.54) is 0 Å². The zero-order valence-electron chi connectivity index (χ0n) is 11.6. The van der Waals surface area contributed by atoms with Crippen molar-refractivity contribution in [2.24, 2.45) is 7.05 Å². The van der Waals surface area contributed by atoms with Crippen LogP contribution in [0.5, 0.6) is 5.75 Å². The van der Waals surface area contributed by atoms with Gasteiger partial charge in [0.05, 0.1) is 13.2 Å². The van der Waals surface area contributed by atoms with Crippen LogP contribution in [0, 0.1) is 6.92 Å². The van der Waals surface area contributed by atoms with Crippen molar-refractivity contribution < 1.29 is 9.84 Å². The molecule has 19 heavy (non-hydrogen) atoms. The molecule has 1 heterocycles. The fraction of sp³-hybridized carbons (Fsp3) is 0.400. The molecule has 0 fully saturated rings. The van der Waals surface area contributed by atoms with E-state index < -0.39 is 6.10 Å². The molecule has 1 unspecified atom stereocenters. The van der Waals surface area contributed by atoms with E-state index in [4.69, 9.17) is 4.74 Å². The van der Waals surface area contributed by atoms with Gasteiger partial charge in [-0.2, -0.15) is 0 Å². The van der Waals surface area contributed by atoms with Crippen LogP contribution in [0.1, 0.15) is 29.5 Å². The number of imidazole rings is 1. The van der Waals surface area contributed by atoms with Crippen molar-refractivity contribution in [2.45, 2.75) is 25.9 Å². The van der Waals surface area contributed by atoms with Crippen molar-refractivity contribution in [1.29, 1.82) is 0 Å². The highest BCUT2D eigenvalue weighted by Crippen LogP contribution is 2.28. The molecule has 1 atom stereocenters. The maximum Gasteiger partial charge on any atom is 0.124 e. The predicted molar refractivity (Wildman–Crippen MR) is 74.2 cm³/mol. The van der Waals surface area contributed by atoms with Gasteiger partial charge in [-0.15, -0.1) is 0 Å². The molecule has 0 aliphatic carbocycles. The molecule has 0 aliphatic heterocycles. The summed E-state index contributed by atoms with van der Waals surface area (Å²) in [5.41, 5.74) is 1.96. The molecular weight excluding hydrogens is 240 g/mol. The molecule has 0 saturated carbocycles. The maximum atomic E-state index is 10.3. The van der Waals surface area contributed by atoms with Gasteiger partial charge in [0.2, 0.25) is 0 Å². The zero-order chi connectivity index (χ0) is 13.8. The van der Waals surface area contributed by atoms with Gasteiger partial charge in [0.15, 0.2) is 0 Å². The summed E-state index contributed by atoms with van der Waals surface area (Å²) < 4.78 is 7.30. The van der Waals surface area contributed by atoms with E-state index in [1.807, 2.05) is 42.9 Å². The van der Waals surface area contributed by atoms with Gasteiger partial charge in [-0.05, 0) is 25.0 Å². The highest BCUT2D eigenvalue weighted by atomic mass is 16.5. The van der Waals surface area contributed by atoms with Crippen LogP contribution in [0.3, 0.4) is 0 Å². The Labute approximate surface area is 113 Å². The van der Waals surface area contributed by atoms with E-state index in [1.54, 1.807) is 13.3 Å². The van der Waals surface area contributed by atoms with Gasteiger partial charge in [-0.1, -0.05) is 12.1 Å². The molecule has 102 valence electrons. The third-order valence-electron chi connectivity index (χ3n) is 3.31. The van der Waals surface area contributed by atoms with Gasteiger partial charge in [-0.25, -0.2) is 4.98 Å². The summed E-state index contributed by atoms with van der Waals surface area (Å²) in [5, 5.41) is 10.3. The van der Waals surface area contributed by atoms with Crippen LogP contribution >= 0.6 is 0 Å². The van der Waals surface area contributed by atoms with Gasteiger partial charge >= 0.3 is 0 Å². The van der Waals surface area contributed by atoms with Crippen molar-refractivity contribution in [3.05, 3.63) is 47.5 Å². The lowest BCUT2D eigenvalue weighted by molar-refractivity contribution is 0.162. The summed E-state index contributed by atoms with van der Waals surface area (Å²) in [6.45, 7) is 2.01. The topological polar surface area (TPSA) is 47.3 Å². The third-order valence-corrected chi connectivity index (χ3v) is 3.31. The number of hydrogen-bond donors (Lipinski definition) is 1. The largest absolute Gasteiger partial charge is 0.496 e. The normalized spacial score (nSPS) is 12.4. The van der Waals surface area contributed by atoms with E-state index in [0.717, 1.165) is 29.1 Å². The first-order chi connectivity index (χ1) is 9.11. The number of methoxy groups -OCH3 is 1. The zero-order valence-corrected chi connectivity index (χ0v) is 11.6. The number of ether oxygens (including phenoxy) is 1. The van der Waals surface area contributed by atoms with E-state index in [2.05, 4.69) is 4.98 Å². The molecule has 2 rings (SSSR count). The van der Waals surface area contributed by atoms with Crippen molar-refractivity contribution in [2.75, 3.05) is 7.11 Å². The maximum absolute atomic E-state index is 10.3. The first kappa shape index (κ1) is 13.6. The van der Waals surface area contributed by atoms with Crippen molar-refractivity contribution >= 4 is 0 Å². The van der Waals surface area contributed by atoms with Crippen LogP contribution in [0.2, 0.25) is 0 Å². The fourth-order valence-electron chi connectivity index (χ4n) is 2.15. The monoisotopic (exact) mass is 260 g/mol. The number of rotatable bonds is 5. The SMILES string of the molecule is COc1cc(C)ccc1C(O)CCc1nccn1C. The summed E-state index contributed by atoms with van der Waals surface area (Å²) in [5.74, 6) is 1.72. The van der Waals surface area contributed by atoms with Crippen LogP contribution < -0.4 is 4.74 Å². The quantitative estimate of drug-likeness (QED) is 0.898. The van der Waals surface area contributed by atoms with Gasteiger partial charge in [-0.3, -0.25) is 0 Å². The van der Waals surface area contributed by atoms with Gasteiger partial charge < -0.3 is 14.4 Å². The number of aryl methyl sites for hydroxylation is 3. The second-order valence-corrected chi connectivity index (χ2v) is 4.75. The molecule has 0 amide bonds. The fourth-order valence-corrected chi connectivity index (χ4v) is 2.15. The first-order valence-corrected chi connectivity index (χ1v) is 6.40. The Morgan fingerprint density at radius 3 is 2.84 bits per heavy atom. The van der Waals surface area contributed by atoms with Crippen molar-refractivity contribution in [1.82, 2.24) is 9.55 Å². The average Bonchev–Trinajstić information content (AvgIpc) is 2.81. The number of aliphatic hydroxyl groups excluding tert-OH is 1. The van der Waals surface area contributed by atoms with Crippen molar-refractivity contribution in [3.8, 4) is 5.75 Å². The number of aliphatic hydroxyl groups is 1. The van der Waals surface area contributed by atoms with E-state index in [9.17, 15) is 5.11 Å². The molecule has 1 N–H and O–H groups in total. The molecule has 2 aromatic rings. The Morgan fingerprint density at radius 2 is 2.21 bits per heavy atom. The van der Waals surface area contributed by atoms with E-state index >= 15 is 0 Å². The minimum atomic E-state index is -0.535. The lowest BCUT2D eigenvalue weighted by Gasteiger charge is -2.15. The van der Waals surface area contributed by atoms with E-state index in [0.29, 0.717) is 6.42 Å². The summed E-state index contributed by atoms with van der Waals surface area (Å²) in [6.07, 6.45) is 4.51. The second kappa shape index (κ2) is 5.89. The third kappa shape index (κ3) is 3.15. The molecule has 1 aromatic heterocycles. The second-order valence-electron chi connectivity index (χ2n) is 4.75. The summed E-state index contributed by atoms with van der Waals surface area (Å²) in [7, 11) is 3.59. The highest BCUT2D eigenvalue weighted by molar-refractivity contribution is 5.38. The summed E-state index contributed by atoms with van der Waals surface area (Å²) in [6, 6.07) is 5.86. The molecule has 1 aromatic carbocycles. The number of nitrogens with zero attached hydrogens (tertiary/aromatic N) is 2. The lowest BCUT2D eigenvalue weighted by atomic mass is 10.0. The molecule has 4 nitrogen and oxygen atoms in total. The Kier molecular flexibility index (Phi) is 4.22. The van der Waals surface area contributed by atoms with Crippen LogP contribution in [0.25, 0.3) is 0 Å². The van der Waals surface area contributed by atoms with Crippen LogP contribution in [-0.4, -0.2) is 21.8 Å². The molecule has 0 bridgehead atoms. The minimum absolute atomic E-state index is 0.535.